The van der Waals surface area contributed by atoms with Crippen molar-refractivity contribution in [3.8, 4) is 0 Å². The van der Waals surface area contributed by atoms with E-state index in [1.54, 1.807) is 0 Å². The van der Waals surface area contributed by atoms with Gasteiger partial charge in [-0.1, -0.05) is 40.0 Å². The number of thiol groups is 1. The predicted octanol–water partition coefficient (Wildman–Crippen LogP) is 3.03. The zero-order valence-corrected chi connectivity index (χ0v) is 11.6. The van der Waals surface area contributed by atoms with Crippen molar-refractivity contribution in [1.29, 1.82) is 0 Å². The minimum Gasteiger partial charge on any atom is -0.352 e. The Bertz CT molecular complexity index is 230. The van der Waals surface area contributed by atoms with Crippen molar-refractivity contribution >= 4 is 18.5 Å². The third kappa shape index (κ3) is 4.00. The van der Waals surface area contributed by atoms with E-state index in [4.69, 9.17) is 0 Å². The summed E-state index contributed by atoms with van der Waals surface area (Å²) >= 11 is 4.35. The molecule has 0 aliphatic heterocycles. The molecular weight excluding hydrogens is 218 g/mol. The van der Waals surface area contributed by atoms with Gasteiger partial charge >= 0.3 is 0 Å². The molecule has 1 aliphatic carbocycles. The zero-order valence-electron chi connectivity index (χ0n) is 10.7. The molecule has 16 heavy (non-hydrogen) atoms. The van der Waals surface area contributed by atoms with E-state index < -0.39 is 0 Å². The third-order valence-corrected chi connectivity index (χ3v) is 4.44. The Morgan fingerprint density at radius 1 is 1.44 bits per heavy atom. The first-order valence-electron chi connectivity index (χ1n) is 6.53. The Morgan fingerprint density at radius 2 is 2.12 bits per heavy atom. The van der Waals surface area contributed by atoms with Crippen molar-refractivity contribution in [3.63, 3.8) is 0 Å². The number of hydrogen-bond donors (Lipinski definition) is 2. The smallest absolute Gasteiger partial charge is 0.233 e. The minimum atomic E-state index is -0.165. The van der Waals surface area contributed by atoms with Gasteiger partial charge in [0.05, 0.1) is 5.25 Å². The monoisotopic (exact) mass is 243 g/mol. The molecule has 1 fully saturated rings. The first-order valence-corrected chi connectivity index (χ1v) is 7.04. The normalized spacial score (nSPS) is 27.8. The summed E-state index contributed by atoms with van der Waals surface area (Å²) in [6.07, 6.45) is 6.11. The number of nitrogens with one attached hydrogen (secondary N) is 1. The van der Waals surface area contributed by atoms with Gasteiger partial charge in [0.15, 0.2) is 0 Å². The highest BCUT2D eigenvalue weighted by atomic mass is 32.1. The van der Waals surface area contributed by atoms with Crippen LogP contribution in [0.1, 0.15) is 52.9 Å². The molecule has 3 atom stereocenters. The van der Waals surface area contributed by atoms with Crippen LogP contribution < -0.4 is 5.32 Å². The van der Waals surface area contributed by atoms with E-state index >= 15 is 0 Å². The van der Waals surface area contributed by atoms with Crippen LogP contribution in [0.4, 0.5) is 0 Å². The fourth-order valence-corrected chi connectivity index (χ4v) is 2.46. The first kappa shape index (κ1) is 13.9. The summed E-state index contributed by atoms with van der Waals surface area (Å²) in [5.41, 5.74) is 0. The summed E-state index contributed by atoms with van der Waals surface area (Å²) in [4.78, 5) is 11.9. The van der Waals surface area contributed by atoms with Gasteiger partial charge in [-0.05, 0) is 24.7 Å². The van der Waals surface area contributed by atoms with Gasteiger partial charge in [-0.3, -0.25) is 4.79 Å². The molecule has 94 valence electrons. The maximum Gasteiger partial charge on any atom is 0.233 e. The van der Waals surface area contributed by atoms with Crippen LogP contribution in [0.25, 0.3) is 0 Å². The van der Waals surface area contributed by atoms with Gasteiger partial charge < -0.3 is 5.32 Å². The average molecular weight is 243 g/mol. The molecular formula is C13H25NOS. The van der Waals surface area contributed by atoms with Crippen LogP contribution in [0.2, 0.25) is 0 Å². The standard InChI is InChI=1S/C13H25NOS/c1-4-10-6-5-7-11(8-10)14-13(15)12(16)9(2)3/h9-12,16H,4-8H2,1-3H3,(H,14,15). The van der Waals surface area contributed by atoms with Crippen LogP contribution in [-0.2, 0) is 4.79 Å². The summed E-state index contributed by atoms with van der Waals surface area (Å²) in [6.45, 7) is 6.31. The molecule has 0 heterocycles. The Morgan fingerprint density at radius 3 is 2.69 bits per heavy atom. The van der Waals surface area contributed by atoms with E-state index in [1.807, 2.05) is 13.8 Å². The van der Waals surface area contributed by atoms with Crippen molar-refractivity contribution in [2.75, 3.05) is 0 Å². The van der Waals surface area contributed by atoms with E-state index in [-0.39, 0.29) is 11.2 Å². The molecule has 0 bridgehead atoms. The van der Waals surface area contributed by atoms with Crippen LogP contribution >= 0.6 is 12.6 Å². The lowest BCUT2D eigenvalue weighted by molar-refractivity contribution is -0.122. The fraction of sp³-hybridized carbons (Fsp3) is 0.923. The predicted molar refractivity (Wildman–Crippen MR) is 71.8 cm³/mol. The highest BCUT2D eigenvalue weighted by molar-refractivity contribution is 7.81. The highest BCUT2D eigenvalue weighted by Gasteiger charge is 2.25. The molecule has 3 heteroatoms. The number of carbonyl (C=O) groups excluding carboxylic acids is 1. The van der Waals surface area contributed by atoms with E-state index in [0.717, 1.165) is 18.8 Å². The Labute approximate surface area is 105 Å². The largest absolute Gasteiger partial charge is 0.352 e. The van der Waals surface area contributed by atoms with Crippen LogP contribution in [0.3, 0.4) is 0 Å². The lowest BCUT2D eigenvalue weighted by Crippen LogP contribution is -2.43. The highest BCUT2D eigenvalue weighted by Crippen LogP contribution is 2.26. The van der Waals surface area contributed by atoms with Crippen LogP contribution in [0.5, 0.6) is 0 Å². The third-order valence-electron chi connectivity index (χ3n) is 3.61. The molecule has 0 aromatic heterocycles. The number of rotatable bonds is 4. The minimum absolute atomic E-state index is 0.111. The van der Waals surface area contributed by atoms with E-state index in [0.29, 0.717) is 12.0 Å². The number of amides is 1. The van der Waals surface area contributed by atoms with Crippen LogP contribution in [-0.4, -0.2) is 17.2 Å². The molecule has 3 unspecified atom stereocenters. The maximum atomic E-state index is 11.9. The molecule has 0 spiro atoms. The summed E-state index contributed by atoms with van der Waals surface area (Å²) < 4.78 is 0. The summed E-state index contributed by atoms with van der Waals surface area (Å²) in [5.74, 6) is 1.21. The average Bonchev–Trinajstić information content (AvgIpc) is 2.28. The molecule has 1 saturated carbocycles. The lowest BCUT2D eigenvalue weighted by atomic mass is 9.84. The van der Waals surface area contributed by atoms with E-state index in [2.05, 4.69) is 24.9 Å². The summed E-state index contributed by atoms with van der Waals surface area (Å²) in [7, 11) is 0. The van der Waals surface area contributed by atoms with Gasteiger partial charge in [-0.2, -0.15) is 12.6 Å². The second kappa shape index (κ2) is 6.53. The Hall–Kier alpha value is -0.180. The molecule has 0 aromatic rings. The number of carbonyl (C=O) groups is 1. The molecule has 2 nitrogen and oxygen atoms in total. The molecule has 1 aliphatic rings. The molecule has 0 aromatic carbocycles. The molecule has 1 N–H and O–H groups in total. The van der Waals surface area contributed by atoms with Crippen LogP contribution in [0, 0.1) is 11.8 Å². The quantitative estimate of drug-likeness (QED) is 0.730. The van der Waals surface area contributed by atoms with Gasteiger partial charge in [-0.25, -0.2) is 0 Å². The fourth-order valence-electron chi connectivity index (χ4n) is 2.38. The van der Waals surface area contributed by atoms with Crippen LogP contribution in [0.15, 0.2) is 0 Å². The Balaban J connectivity index is 2.38. The first-order chi connectivity index (χ1) is 7.54. The van der Waals surface area contributed by atoms with Crippen molar-refractivity contribution in [2.24, 2.45) is 11.8 Å². The summed E-state index contributed by atoms with van der Waals surface area (Å²) in [6, 6.07) is 0.389. The van der Waals surface area contributed by atoms with Crippen molar-refractivity contribution in [3.05, 3.63) is 0 Å². The van der Waals surface area contributed by atoms with Crippen molar-refractivity contribution in [2.45, 2.75) is 64.2 Å². The van der Waals surface area contributed by atoms with Gasteiger partial charge in [0, 0.05) is 6.04 Å². The van der Waals surface area contributed by atoms with Gasteiger partial charge in [0.1, 0.15) is 0 Å². The SMILES string of the molecule is CCC1CCCC(NC(=O)C(S)C(C)C)C1. The van der Waals surface area contributed by atoms with Gasteiger partial charge in [0.2, 0.25) is 5.91 Å². The second-order valence-corrected chi connectivity index (χ2v) is 5.89. The maximum absolute atomic E-state index is 11.9. The van der Waals surface area contributed by atoms with E-state index in [9.17, 15) is 4.79 Å². The van der Waals surface area contributed by atoms with E-state index in [1.165, 1.54) is 19.3 Å². The molecule has 1 amide bonds. The lowest BCUT2D eigenvalue weighted by Gasteiger charge is -2.30. The molecule has 1 rings (SSSR count). The number of hydrogen-bond acceptors (Lipinski definition) is 2. The zero-order chi connectivity index (χ0) is 12.1. The Kier molecular flexibility index (Phi) is 5.67. The molecule has 0 saturated heterocycles. The van der Waals surface area contributed by atoms with Gasteiger partial charge in [0.25, 0.3) is 0 Å². The molecule has 0 radical (unpaired) electrons. The van der Waals surface area contributed by atoms with Gasteiger partial charge in [-0.15, -0.1) is 0 Å². The van der Waals surface area contributed by atoms with Crippen molar-refractivity contribution in [1.82, 2.24) is 5.32 Å². The second-order valence-electron chi connectivity index (χ2n) is 5.34. The summed E-state index contributed by atoms with van der Waals surface area (Å²) in [5, 5.41) is 2.98. The topological polar surface area (TPSA) is 29.1 Å². The van der Waals surface area contributed by atoms with Crippen molar-refractivity contribution < 1.29 is 4.79 Å².